The minimum atomic E-state index is -0.655. The van der Waals surface area contributed by atoms with Crippen LogP contribution < -0.4 is 0 Å². The van der Waals surface area contributed by atoms with Crippen molar-refractivity contribution in [3.05, 3.63) is 0 Å². The summed E-state index contributed by atoms with van der Waals surface area (Å²) in [4.78, 5) is 0. The standard InChI is InChI=1S/C30H51NO2/c1-7-30(33)17-16-28(5)21(18-30)9-10-22-24-12-11-23(29(24,6)15-14-25(22)28)20(2)8-13-26(32)27(3,4)19-31/h20-26,32-33H,7-18H2,1-6H3/t20-,21+,22?,23?,24?,25?,26?,28?,29?,30+/m1/s1. The predicted octanol–water partition coefficient (Wildman–Crippen LogP) is 7.11. The van der Waals surface area contributed by atoms with Crippen LogP contribution in [0.2, 0.25) is 0 Å². The first-order chi connectivity index (χ1) is 15.4. The highest BCUT2D eigenvalue weighted by molar-refractivity contribution is 5.11. The van der Waals surface area contributed by atoms with Gasteiger partial charge in [-0.25, -0.2) is 0 Å². The van der Waals surface area contributed by atoms with Crippen LogP contribution in [0, 0.1) is 63.1 Å². The molecule has 188 valence electrons. The molecule has 0 heterocycles. The molecule has 0 aliphatic heterocycles. The van der Waals surface area contributed by atoms with Crippen LogP contribution in [-0.4, -0.2) is 21.9 Å². The van der Waals surface area contributed by atoms with Crippen molar-refractivity contribution in [1.82, 2.24) is 0 Å². The Morgan fingerprint density at radius 1 is 0.970 bits per heavy atom. The van der Waals surface area contributed by atoms with Gasteiger partial charge in [0.2, 0.25) is 0 Å². The summed E-state index contributed by atoms with van der Waals surface area (Å²) in [5, 5.41) is 31.0. The molecule has 4 saturated carbocycles. The zero-order valence-corrected chi connectivity index (χ0v) is 22.4. The zero-order chi connectivity index (χ0) is 24.2. The Hall–Kier alpha value is -0.590. The Kier molecular flexibility index (Phi) is 6.81. The van der Waals surface area contributed by atoms with Crippen molar-refractivity contribution in [3.8, 4) is 6.07 Å². The van der Waals surface area contributed by atoms with E-state index in [-0.39, 0.29) is 0 Å². The Morgan fingerprint density at radius 3 is 2.33 bits per heavy atom. The molecule has 4 fully saturated rings. The summed E-state index contributed by atoms with van der Waals surface area (Å²) < 4.78 is 0. The lowest BCUT2D eigenvalue weighted by atomic mass is 9.43. The van der Waals surface area contributed by atoms with Crippen molar-refractivity contribution in [2.45, 2.75) is 130 Å². The van der Waals surface area contributed by atoms with Gasteiger partial charge in [0.25, 0.3) is 0 Å². The minimum Gasteiger partial charge on any atom is -0.391 e. The lowest BCUT2D eigenvalue weighted by molar-refractivity contribution is -0.152. The SMILES string of the molecule is CC[C@]1(O)CCC2(C)C3CCC4(C)C(CCC4[C@H](C)CCC(O)C(C)(C)C#N)C3CC[C@H]2C1. The molecule has 0 aromatic heterocycles. The van der Waals surface area contributed by atoms with E-state index >= 15 is 0 Å². The van der Waals surface area contributed by atoms with Crippen molar-refractivity contribution in [3.63, 3.8) is 0 Å². The highest BCUT2D eigenvalue weighted by Crippen LogP contribution is 2.69. The molecular formula is C30H51NO2. The summed E-state index contributed by atoms with van der Waals surface area (Å²) in [6.45, 7) is 13.5. The van der Waals surface area contributed by atoms with Crippen molar-refractivity contribution < 1.29 is 10.2 Å². The van der Waals surface area contributed by atoms with Gasteiger partial charge in [-0.3, -0.25) is 0 Å². The average molecular weight is 458 g/mol. The molecule has 0 aromatic rings. The van der Waals surface area contributed by atoms with Crippen LogP contribution >= 0.6 is 0 Å². The third-order valence-corrected chi connectivity index (χ3v) is 12.3. The van der Waals surface area contributed by atoms with Crippen molar-refractivity contribution in [2.75, 3.05) is 0 Å². The zero-order valence-electron chi connectivity index (χ0n) is 22.4. The summed E-state index contributed by atoms with van der Waals surface area (Å²) in [5.74, 6) is 4.66. The van der Waals surface area contributed by atoms with Gasteiger partial charge in [0.15, 0.2) is 0 Å². The average Bonchev–Trinajstić information content (AvgIpc) is 3.15. The third-order valence-electron chi connectivity index (χ3n) is 12.3. The monoisotopic (exact) mass is 457 g/mol. The van der Waals surface area contributed by atoms with Gasteiger partial charge < -0.3 is 10.2 Å². The molecule has 10 atom stereocenters. The topological polar surface area (TPSA) is 64.2 Å². The second-order valence-corrected chi connectivity index (χ2v) is 14.1. The van der Waals surface area contributed by atoms with Crippen LogP contribution in [-0.2, 0) is 0 Å². The van der Waals surface area contributed by atoms with E-state index in [9.17, 15) is 15.5 Å². The van der Waals surface area contributed by atoms with E-state index in [1.807, 2.05) is 13.8 Å². The normalized spacial score (nSPS) is 47.1. The summed E-state index contributed by atoms with van der Waals surface area (Å²) >= 11 is 0. The van der Waals surface area contributed by atoms with Gasteiger partial charge in [-0.2, -0.15) is 5.26 Å². The molecule has 0 bridgehead atoms. The summed E-state index contributed by atoms with van der Waals surface area (Å²) in [6.07, 6.45) is 13.6. The Balaban J connectivity index is 1.44. The van der Waals surface area contributed by atoms with Gasteiger partial charge in [0.1, 0.15) is 0 Å². The van der Waals surface area contributed by atoms with E-state index in [1.54, 1.807) is 0 Å². The smallest absolute Gasteiger partial charge is 0.0776 e. The lowest BCUT2D eigenvalue weighted by Crippen LogP contribution is -2.56. The molecule has 4 rings (SSSR count). The van der Waals surface area contributed by atoms with E-state index in [0.717, 1.165) is 55.8 Å². The van der Waals surface area contributed by atoms with Crippen LogP contribution in [0.1, 0.15) is 119 Å². The molecule has 4 aliphatic rings. The number of hydrogen-bond donors (Lipinski definition) is 2. The van der Waals surface area contributed by atoms with E-state index in [1.165, 1.54) is 44.9 Å². The van der Waals surface area contributed by atoms with Gasteiger partial charge in [-0.15, -0.1) is 0 Å². The highest BCUT2D eigenvalue weighted by atomic mass is 16.3. The molecule has 4 aliphatic carbocycles. The van der Waals surface area contributed by atoms with Crippen LogP contribution in [0.25, 0.3) is 0 Å². The Labute approximate surface area is 203 Å². The number of aliphatic hydroxyl groups is 2. The molecule has 0 aromatic carbocycles. The van der Waals surface area contributed by atoms with E-state index in [2.05, 4.69) is 33.8 Å². The molecule has 33 heavy (non-hydrogen) atoms. The van der Waals surface area contributed by atoms with Crippen LogP contribution in [0.5, 0.6) is 0 Å². The maximum atomic E-state index is 11.0. The predicted molar refractivity (Wildman–Crippen MR) is 134 cm³/mol. The van der Waals surface area contributed by atoms with Crippen LogP contribution in [0.3, 0.4) is 0 Å². The molecule has 0 saturated heterocycles. The number of aliphatic hydroxyl groups excluding tert-OH is 1. The molecule has 0 amide bonds. The van der Waals surface area contributed by atoms with E-state index < -0.39 is 17.1 Å². The third kappa shape index (κ3) is 4.20. The quantitative estimate of drug-likeness (QED) is 0.446. The number of fused-ring (bicyclic) bond motifs is 5. The highest BCUT2D eigenvalue weighted by Gasteiger charge is 2.61. The largest absolute Gasteiger partial charge is 0.391 e. The number of nitrogens with zero attached hydrogens (tertiary/aromatic N) is 1. The maximum absolute atomic E-state index is 11.0. The number of rotatable bonds is 6. The fraction of sp³-hybridized carbons (Fsp3) is 0.967. The summed E-state index contributed by atoms with van der Waals surface area (Å²) in [7, 11) is 0. The molecule has 0 spiro atoms. The van der Waals surface area contributed by atoms with Crippen LogP contribution in [0.4, 0.5) is 0 Å². The fourth-order valence-corrected chi connectivity index (χ4v) is 9.68. The van der Waals surface area contributed by atoms with Crippen LogP contribution in [0.15, 0.2) is 0 Å². The first kappa shape index (κ1) is 25.5. The Morgan fingerprint density at radius 2 is 1.67 bits per heavy atom. The molecule has 3 nitrogen and oxygen atoms in total. The van der Waals surface area contributed by atoms with Crippen molar-refractivity contribution in [2.24, 2.45) is 51.8 Å². The molecule has 0 radical (unpaired) electrons. The number of nitriles is 1. The second-order valence-electron chi connectivity index (χ2n) is 14.1. The van der Waals surface area contributed by atoms with Gasteiger partial charge >= 0.3 is 0 Å². The molecule has 3 heteroatoms. The van der Waals surface area contributed by atoms with Gasteiger partial charge in [0, 0.05) is 0 Å². The van der Waals surface area contributed by atoms with Crippen molar-refractivity contribution >= 4 is 0 Å². The van der Waals surface area contributed by atoms with Crippen molar-refractivity contribution in [1.29, 1.82) is 5.26 Å². The lowest BCUT2D eigenvalue weighted by Gasteiger charge is -2.62. The summed E-state index contributed by atoms with van der Waals surface area (Å²) in [6, 6.07) is 2.29. The molecule has 7 unspecified atom stereocenters. The summed E-state index contributed by atoms with van der Waals surface area (Å²) in [5.41, 5.74) is -0.183. The maximum Gasteiger partial charge on any atom is 0.0776 e. The van der Waals surface area contributed by atoms with Gasteiger partial charge in [-0.05, 0) is 137 Å². The van der Waals surface area contributed by atoms with Gasteiger partial charge in [0.05, 0.1) is 23.2 Å². The number of hydrogen-bond acceptors (Lipinski definition) is 3. The minimum absolute atomic E-state index is 0.404. The van der Waals surface area contributed by atoms with E-state index in [0.29, 0.717) is 22.7 Å². The molecule has 2 N–H and O–H groups in total. The second kappa shape index (κ2) is 8.81. The first-order valence-electron chi connectivity index (χ1n) is 14.2. The van der Waals surface area contributed by atoms with Gasteiger partial charge in [-0.1, -0.05) is 27.7 Å². The first-order valence-corrected chi connectivity index (χ1v) is 14.2. The fourth-order valence-electron chi connectivity index (χ4n) is 9.68. The Bertz CT molecular complexity index is 757. The van der Waals surface area contributed by atoms with E-state index in [4.69, 9.17) is 0 Å². The molecular weight excluding hydrogens is 406 g/mol.